The lowest BCUT2D eigenvalue weighted by atomic mass is 10.0. The molecule has 0 amide bonds. The largest absolute Gasteiger partial charge is 0.305 e. The summed E-state index contributed by atoms with van der Waals surface area (Å²) in [5.41, 5.74) is 3.93. The van der Waals surface area contributed by atoms with Gasteiger partial charge in [0.05, 0.1) is 23.0 Å². The Kier molecular flexibility index (Phi) is 5.40. The first kappa shape index (κ1) is 15.7. The molecule has 2 heterocycles. The van der Waals surface area contributed by atoms with Crippen LogP contribution in [0.15, 0.2) is 6.20 Å². The molecule has 0 bridgehead atoms. The summed E-state index contributed by atoms with van der Waals surface area (Å²) in [6, 6.07) is 0.238. The van der Waals surface area contributed by atoms with E-state index in [1.54, 1.807) is 6.20 Å². The van der Waals surface area contributed by atoms with E-state index in [4.69, 9.17) is 17.4 Å². The van der Waals surface area contributed by atoms with Crippen LogP contribution in [0.25, 0.3) is 0 Å². The van der Waals surface area contributed by atoms with Crippen molar-refractivity contribution in [2.75, 3.05) is 33.7 Å². The average Bonchev–Trinajstić information content (AvgIpc) is 2.71. The van der Waals surface area contributed by atoms with E-state index in [1.165, 1.54) is 6.42 Å². The van der Waals surface area contributed by atoms with Crippen molar-refractivity contribution in [3.05, 3.63) is 16.9 Å². The Hall–Kier alpha value is -0.660. The molecule has 1 fully saturated rings. The predicted molar refractivity (Wildman–Crippen MR) is 81.5 cm³/mol. The first-order valence-corrected chi connectivity index (χ1v) is 7.52. The van der Waals surface area contributed by atoms with Crippen molar-refractivity contribution in [1.82, 2.24) is 25.0 Å². The van der Waals surface area contributed by atoms with Gasteiger partial charge in [-0.2, -0.15) is 5.10 Å². The molecule has 1 aliphatic rings. The summed E-state index contributed by atoms with van der Waals surface area (Å²) >= 11 is 6.33. The Morgan fingerprint density at radius 2 is 2.25 bits per heavy atom. The quantitative estimate of drug-likeness (QED) is 0.633. The minimum Gasteiger partial charge on any atom is -0.305 e. The maximum atomic E-state index is 6.33. The molecule has 0 aromatic carbocycles. The highest BCUT2D eigenvalue weighted by molar-refractivity contribution is 6.31. The van der Waals surface area contributed by atoms with Crippen molar-refractivity contribution in [1.29, 1.82) is 0 Å². The molecule has 1 aromatic rings. The van der Waals surface area contributed by atoms with E-state index in [0.29, 0.717) is 5.02 Å². The monoisotopic (exact) mass is 300 g/mol. The van der Waals surface area contributed by atoms with Gasteiger partial charge in [0.1, 0.15) is 0 Å². The third kappa shape index (κ3) is 3.15. The number of hydrogen-bond donors (Lipinski definition) is 2. The highest BCUT2D eigenvalue weighted by atomic mass is 35.5. The highest BCUT2D eigenvalue weighted by Gasteiger charge is 2.32. The fraction of sp³-hybridized carbons (Fsp3) is 0.769. The van der Waals surface area contributed by atoms with Crippen molar-refractivity contribution >= 4 is 11.6 Å². The SMILES string of the molecule is CCn1ncc(Cl)c1C(NN)C1CN(C)CCCN1C. The van der Waals surface area contributed by atoms with Crippen LogP contribution in [0.3, 0.4) is 0 Å². The fourth-order valence-corrected chi connectivity index (χ4v) is 3.23. The summed E-state index contributed by atoms with van der Waals surface area (Å²) in [5, 5.41) is 5.00. The molecule has 2 rings (SSSR count). The van der Waals surface area contributed by atoms with Crippen LogP contribution < -0.4 is 11.3 Å². The molecule has 2 atom stereocenters. The molecule has 1 aliphatic heterocycles. The van der Waals surface area contributed by atoms with Gasteiger partial charge in [-0.25, -0.2) is 5.43 Å². The van der Waals surface area contributed by atoms with E-state index in [2.05, 4.69) is 41.3 Å². The van der Waals surface area contributed by atoms with E-state index in [1.807, 2.05) is 4.68 Å². The smallest absolute Gasteiger partial charge is 0.0835 e. The lowest BCUT2D eigenvalue weighted by Crippen LogP contribution is -2.49. The van der Waals surface area contributed by atoms with Crippen molar-refractivity contribution in [2.24, 2.45) is 5.84 Å². The minimum absolute atomic E-state index is 0.0319. The van der Waals surface area contributed by atoms with Crippen molar-refractivity contribution in [3.8, 4) is 0 Å². The number of nitrogens with one attached hydrogen (secondary N) is 1. The standard InChI is InChI=1S/C13H25ClN6/c1-4-20-13(10(14)8-16-20)12(17-15)11-9-18(2)6-5-7-19(11)3/h8,11-12,17H,4-7,9,15H2,1-3H3. The summed E-state index contributed by atoms with van der Waals surface area (Å²) in [5.74, 6) is 5.85. The second-order valence-electron chi connectivity index (χ2n) is 5.50. The molecule has 0 spiro atoms. The van der Waals surface area contributed by atoms with Gasteiger partial charge >= 0.3 is 0 Å². The first-order valence-electron chi connectivity index (χ1n) is 7.14. The van der Waals surface area contributed by atoms with Crippen LogP contribution in [0.1, 0.15) is 25.1 Å². The molecule has 1 saturated heterocycles. The average molecular weight is 301 g/mol. The zero-order valence-electron chi connectivity index (χ0n) is 12.5. The Morgan fingerprint density at radius 1 is 1.50 bits per heavy atom. The number of nitrogens with zero attached hydrogens (tertiary/aromatic N) is 4. The molecule has 1 aromatic heterocycles. The number of hydrazine groups is 1. The van der Waals surface area contributed by atoms with Gasteiger partial charge in [0.15, 0.2) is 0 Å². The van der Waals surface area contributed by atoms with Crippen molar-refractivity contribution in [2.45, 2.75) is 32.0 Å². The van der Waals surface area contributed by atoms with Gasteiger partial charge in [0.2, 0.25) is 0 Å². The van der Waals surface area contributed by atoms with Gasteiger partial charge < -0.3 is 9.80 Å². The molecule has 0 saturated carbocycles. The highest BCUT2D eigenvalue weighted by Crippen LogP contribution is 2.28. The maximum Gasteiger partial charge on any atom is 0.0835 e. The molecule has 114 valence electrons. The second kappa shape index (κ2) is 6.87. The molecule has 3 N–H and O–H groups in total. The molecular formula is C13H25ClN6. The Morgan fingerprint density at radius 3 is 2.90 bits per heavy atom. The van der Waals surface area contributed by atoms with Gasteiger partial charge in [-0.3, -0.25) is 10.5 Å². The number of aromatic nitrogens is 2. The first-order chi connectivity index (χ1) is 9.58. The number of likely N-dealkylation sites (N-methyl/N-ethyl adjacent to an activating group) is 2. The van der Waals surface area contributed by atoms with Gasteiger partial charge in [-0.1, -0.05) is 11.6 Å². The van der Waals surface area contributed by atoms with E-state index in [-0.39, 0.29) is 12.1 Å². The molecule has 0 aliphatic carbocycles. The number of halogens is 1. The zero-order chi connectivity index (χ0) is 14.7. The zero-order valence-corrected chi connectivity index (χ0v) is 13.3. The topological polar surface area (TPSA) is 62.4 Å². The fourth-order valence-electron chi connectivity index (χ4n) is 2.97. The van der Waals surface area contributed by atoms with E-state index in [0.717, 1.165) is 31.9 Å². The van der Waals surface area contributed by atoms with E-state index < -0.39 is 0 Å². The van der Waals surface area contributed by atoms with Crippen LogP contribution in [0.4, 0.5) is 0 Å². The lowest BCUT2D eigenvalue weighted by Gasteiger charge is -2.34. The van der Waals surface area contributed by atoms with Gasteiger partial charge in [0.25, 0.3) is 0 Å². The third-order valence-electron chi connectivity index (χ3n) is 4.11. The van der Waals surface area contributed by atoms with Crippen LogP contribution >= 0.6 is 11.6 Å². The Bertz CT molecular complexity index is 434. The van der Waals surface area contributed by atoms with Gasteiger partial charge in [-0.05, 0) is 40.5 Å². The van der Waals surface area contributed by atoms with Gasteiger partial charge in [0, 0.05) is 19.1 Å². The Balaban J connectivity index is 2.32. The normalized spacial score (nSPS) is 23.8. The maximum absolute atomic E-state index is 6.33. The number of nitrogens with two attached hydrogens (primary N) is 1. The van der Waals surface area contributed by atoms with Crippen LogP contribution in [-0.4, -0.2) is 59.4 Å². The van der Waals surface area contributed by atoms with Crippen LogP contribution in [0.2, 0.25) is 5.02 Å². The Labute approximate surface area is 125 Å². The van der Waals surface area contributed by atoms with E-state index >= 15 is 0 Å². The molecule has 6 nitrogen and oxygen atoms in total. The van der Waals surface area contributed by atoms with Crippen molar-refractivity contribution in [3.63, 3.8) is 0 Å². The molecule has 2 unspecified atom stereocenters. The number of aryl methyl sites for hydroxylation is 1. The number of hydrogen-bond acceptors (Lipinski definition) is 5. The van der Waals surface area contributed by atoms with Gasteiger partial charge in [-0.15, -0.1) is 0 Å². The van der Waals surface area contributed by atoms with E-state index in [9.17, 15) is 0 Å². The van der Waals surface area contributed by atoms with Crippen molar-refractivity contribution < 1.29 is 0 Å². The molecule has 0 radical (unpaired) electrons. The minimum atomic E-state index is -0.0319. The molecular weight excluding hydrogens is 276 g/mol. The summed E-state index contributed by atoms with van der Waals surface area (Å²) < 4.78 is 1.92. The van der Waals surface area contributed by atoms with Crippen LogP contribution in [-0.2, 0) is 6.54 Å². The summed E-state index contributed by atoms with van der Waals surface area (Å²) in [4.78, 5) is 4.70. The van der Waals surface area contributed by atoms with Crippen LogP contribution in [0, 0.1) is 0 Å². The molecule has 7 heteroatoms. The lowest BCUT2D eigenvalue weighted by molar-refractivity contribution is 0.174. The van der Waals surface area contributed by atoms with Crippen LogP contribution in [0.5, 0.6) is 0 Å². The third-order valence-corrected chi connectivity index (χ3v) is 4.40. The summed E-state index contributed by atoms with van der Waals surface area (Å²) in [6.07, 6.45) is 2.87. The second-order valence-corrected chi connectivity index (χ2v) is 5.91. The summed E-state index contributed by atoms with van der Waals surface area (Å²) in [7, 11) is 4.30. The number of rotatable bonds is 4. The predicted octanol–water partition coefficient (Wildman–Crippen LogP) is 0.697. The summed E-state index contributed by atoms with van der Waals surface area (Å²) in [6.45, 7) is 5.97. The molecule has 20 heavy (non-hydrogen) atoms.